The number of hydrogen-bond donors (Lipinski definition) is 3. The molecule has 0 aliphatic rings. The van der Waals surface area contributed by atoms with E-state index in [4.69, 9.17) is 9.52 Å². The Labute approximate surface area is 206 Å². The Morgan fingerprint density at radius 3 is 2.26 bits per heavy atom. The van der Waals surface area contributed by atoms with Crippen LogP contribution in [0.25, 0.3) is 11.5 Å². The molecule has 2 aromatic carbocycles. The van der Waals surface area contributed by atoms with Gasteiger partial charge in [0, 0.05) is 23.4 Å². The van der Waals surface area contributed by atoms with Crippen LogP contribution < -0.4 is 10.6 Å². The van der Waals surface area contributed by atoms with Gasteiger partial charge < -0.3 is 20.2 Å². The van der Waals surface area contributed by atoms with Gasteiger partial charge in [0.05, 0.1) is 6.42 Å². The van der Waals surface area contributed by atoms with E-state index in [0.717, 1.165) is 17.7 Å². The van der Waals surface area contributed by atoms with Crippen LogP contribution in [0.3, 0.4) is 0 Å². The van der Waals surface area contributed by atoms with Crippen LogP contribution in [0.2, 0.25) is 0 Å². The molecule has 0 saturated carbocycles. The van der Waals surface area contributed by atoms with Crippen LogP contribution in [0.15, 0.2) is 52.9 Å². The molecule has 3 N–H and O–H groups in total. The average molecular weight is 479 g/mol. The van der Waals surface area contributed by atoms with Crippen LogP contribution in [0.5, 0.6) is 0 Å². The SMILES string of the molecule is CCC(C)[C@H](Nc1ccc(C(=O)NCCC(=O)O)cc1)c1nnc(-c2ccc(C(C)(C)C)cc2)o1. The normalized spacial score (nSPS) is 13.2. The predicted octanol–water partition coefficient (Wildman–Crippen LogP) is 5.44. The summed E-state index contributed by atoms with van der Waals surface area (Å²) in [7, 11) is 0. The van der Waals surface area contributed by atoms with Crippen LogP contribution in [0.1, 0.15) is 75.3 Å². The van der Waals surface area contributed by atoms with Crippen molar-refractivity contribution in [3.8, 4) is 11.5 Å². The highest BCUT2D eigenvalue weighted by molar-refractivity contribution is 5.94. The number of aliphatic carboxylic acids is 1. The maximum Gasteiger partial charge on any atom is 0.305 e. The van der Waals surface area contributed by atoms with Crippen molar-refractivity contribution in [2.24, 2.45) is 5.92 Å². The number of amides is 1. The van der Waals surface area contributed by atoms with E-state index < -0.39 is 5.97 Å². The number of carbonyl (C=O) groups excluding carboxylic acids is 1. The number of rotatable bonds is 10. The van der Waals surface area contributed by atoms with Crippen LogP contribution in [0, 0.1) is 5.92 Å². The third-order valence-corrected chi connectivity index (χ3v) is 6.01. The minimum Gasteiger partial charge on any atom is -0.481 e. The smallest absolute Gasteiger partial charge is 0.305 e. The van der Waals surface area contributed by atoms with Gasteiger partial charge in [0.15, 0.2) is 0 Å². The van der Waals surface area contributed by atoms with Gasteiger partial charge in [0.1, 0.15) is 6.04 Å². The van der Waals surface area contributed by atoms with Gasteiger partial charge >= 0.3 is 5.97 Å². The van der Waals surface area contributed by atoms with Gasteiger partial charge in [-0.15, -0.1) is 10.2 Å². The maximum atomic E-state index is 12.2. The molecule has 1 amide bonds. The molecule has 35 heavy (non-hydrogen) atoms. The summed E-state index contributed by atoms with van der Waals surface area (Å²) in [6, 6.07) is 15.0. The summed E-state index contributed by atoms with van der Waals surface area (Å²) in [6.45, 7) is 10.8. The lowest BCUT2D eigenvalue weighted by atomic mass is 9.87. The fourth-order valence-corrected chi connectivity index (χ4v) is 3.56. The molecule has 8 heteroatoms. The molecule has 0 spiro atoms. The Kier molecular flexibility index (Phi) is 8.27. The van der Waals surface area contributed by atoms with Crippen molar-refractivity contribution in [3.63, 3.8) is 0 Å². The third-order valence-electron chi connectivity index (χ3n) is 6.01. The Hall–Kier alpha value is -3.68. The molecule has 1 heterocycles. The van der Waals surface area contributed by atoms with E-state index in [9.17, 15) is 9.59 Å². The van der Waals surface area contributed by atoms with Crippen LogP contribution in [-0.2, 0) is 10.2 Å². The topological polar surface area (TPSA) is 117 Å². The first-order valence-electron chi connectivity index (χ1n) is 11.9. The first-order valence-corrected chi connectivity index (χ1v) is 11.9. The van der Waals surface area contributed by atoms with Gasteiger partial charge in [0.2, 0.25) is 11.8 Å². The Morgan fingerprint density at radius 2 is 1.69 bits per heavy atom. The molecular weight excluding hydrogens is 444 g/mol. The number of nitrogens with one attached hydrogen (secondary N) is 2. The minimum atomic E-state index is -0.952. The van der Waals surface area contributed by atoms with E-state index >= 15 is 0 Å². The number of benzene rings is 2. The summed E-state index contributed by atoms with van der Waals surface area (Å²) in [5.74, 6) is -0.0680. The molecule has 0 aliphatic carbocycles. The number of hydrogen-bond acceptors (Lipinski definition) is 6. The van der Waals surface area contributed by atoms with E-state index in [1.165, 1.54) is 5.56 Å². The number of aromatic nitrogens is 2. The summed E-state index contributed by atoms with van der Waals surface area (Å²) in [6.07, 6.45) is 0.786. The zero-order valence-electron chi connectivity index (χ0n) is 21.0. The van der Waals surface area contributed by atoms with E-state index in [1.807, 2.05) is 24.3 Å². The number of nitrogens with zero attached hydrogens (tertiary/aromatic N) is 2. The second kappa shape index (κ2) is 11.2. The lowest BCUT2D eigenvalue weighted by Crippen LogP contribution is -2.26. The summed E-state index contributed by atoms with van der Waals surface area (Å²) in [5.41, 5.74) is 3.45. The molecule has 2 atom stereocenters. The fraction of sp³-hybridized carbons (Fsp3) is 0.407. The van der Waals surface area contributed by atoms with E-state index in [0.29, 0.717) is 17.3 Å². The van der Waals surface area contributed by atoms with Crippen molar-refractivity contribution in [1.29, 1.82) is 0 Å². The zero-order chi connectivity index (χ0) is 25.6. The molecule has 8 nitrogen and oxygen atoms in total. The van der Waals surface area contributed by atoms with Crippen molar-refractivity contribution in [2.45, 2.75) is 58.9 Å². The van der Waals surface area contributed by atoms with Gasteiger partial charge in [-0.1, -0.05) is 53.2 Å². The molecule has 0 fully saturated rings. The van der Waals surface area contributed by atoms with Gasteiger partial charge in [-0.25, -0.2) is 0 Å². The van der Waals surface area contributed by atoms with E-state index in [-0.39, 0.29) is 36.2 Å². The van der Waals surface area contributed by atoms with Crippen LogP contribution >= 0.6 is 0 Å². The standard InChI is InChI=1S/C27H34N4O4/c1-6-17(2)23(29-21-13-9-18(10-14-21)24(34)28-16-15-22(32)33)26-31-30-25(35-26)19-7-11-20(12-8-19)27(3,4)5/h7-14,17,23,29H,6,15-16H2,1-5H3,(H,28,34)(H,32,33)/t17?,23-/m0/s1. The van der Waals surface area contributed by atoms with Gasteiger partial charge in [-0.3, -0.25) is 9.59 Å². The third kappa shape index (κ3) is 6.91. The Balaban J connectivity index is 1.73. The number of anilines is 1. The average Bonchev–Trinajstić information content (AvgIpc) is 3.31. The molecule has 0 radical (unpaired) electrons. The monoisotopic (exact) mass is 478 g/mol. The molecule has 1 aromatic heterocycles. The van der Waals surface area contributed by atoms with E-state index in [2.05, 4.69) is 67.6 Å². The maximum absolute atomic E-state index is 12.2. The second-order valence-corrected chi connectivity index (χ2v) is 9.76. The summed E-state index contributed by atoms with van der Waals surface area (Å²) in [5, 5.41) is 23.4. The van der Waals surface area contributed by atoms with Crippen molar-refractivity contribution < 1.29 is 19.1 Å². The highest BCUT2D eigenvalue weighted by Crippen LogP contribution is 2.31. The van der Waals surface area contributed by atoms with E-state index in [1.54, 1.807) is 12.1 Å². The Bertz CT molecular complexity index is 1130. The van der Waals surface area contributed by atoms with Crippen molar-refractivity contribution in [1.82, 2.24) is 15.5 Å². The summed E-state index contributed by atoms with van der Waals surface area (Å²) >= 11 is 0. The Morgan fingerprint density at radius 1 is 1.03 bits per heavy atom. The highest BCUT2D eigenvalue weighted by Gasteiger charge is 2.25. The predicted molar refractivity (Wildman–Crippen MR) is 135 cm³/mol. The van der Waals surface area contributed by atoms with Crippen molar-refractivity contribution in [3.05, 3.63) is 65.5 Å². The number of carboxylic acids is 1. The van der Waals surface area contributed by atoms with Gasteiger partial charge in [-0.05, 0) is 53.3 Å². The first kappa shape index (κ1) is 25.9. The molecule has 0 saturated heterocycles. The first-order chi connectivity index (χ1) is 16.6. The van der Waals surface area contributed by atoms with Gasteiger partial charge in [-0.2, -0.15) is 0 Å². The highest BCUT2D eigenvalue weighted by atomic mass is 16.4. The fourth-order valence-electron chi connectivity index (χ4n) is 3.56. The summed E-state index contributed by atoms with van der Waals surface area (Å²) < 4.78 is 6.08. The molecular formula is C27H34N4O4. The largest absolute Gasteiger partial charge is 0.481 e. The minimum absolute atomic E-state index is 0.0683. The van der Waals surface area contributed by atoms with Crippen LogP contribution in [0.4, 0.5) is 5.69 Å². The summed E-state index contributed by atoms with van der Waals surface area (Å²) in [4.78, 5) is 22.8. The van der Waals surface area contributed by atoms with Crippen molar-refractivity contribution in [2.75, 3.05) is 11.9 Å². The quantitative estimate of drug-likeness (QED) is 0.355. The van der Waals surface area contributed by atoms with Crippen LogP contribution in [-0.4, -0.2) is 33.7 Å². The number of carboxylic acid groups (broad SMARTS) is 1. The molecule has 1 unspecified atom stereocenters. The molecule has 3 rings (SSSR count). The zero-order valence-corrected chi connectivity index (χ0v) is 21.0. The second-order valence-electron chi connectivity index (χ2n) is 9.76. The van der Waals surface area contributed by atoms with Crippen molar-refractivity contribution >= 4 is 17.6 Å². The number of carbonyl (C=O) groups is 2. The molecule has 186 valence electrons. The molecule has 0 bridgehead atoms. The molecule has 0 aliphatic heterocycles. The lowest BCUT2D eigenvalue weighted by Gasteiger charge is -2.22. The molecule has 3 aromatic rings. The van der Waals surface area contributed by atoms with Gasteiger partial charge in [0.25, 0.3) is 5.91 Å². The lowest BCUT2D eigenvalue weighted by molar-refractivity contribution is -0.136.